The molecular formula is C27H27N3O4S. The highest BCUT2D eigenvalue weighted by atomic mass is 32.2. The first-order valence-corrected chi connectivity index (χ1v) is 12.4. The third-order valence-corrected chi connectivity index (χ3v) is 6.09. The first kappa shape index (κ1) is 25.5. The van der Waals surface area contributed by atoms with Gasteiger partial charge in [-0.3, -0.25) is 9.59 Å². The van der Waals surface area contributed by atoms with Crippen molar-refractivity contribution in [1.29, 1.82) is 0 Å². The van der Waals surface area contributed by atoms with Gasteiger partial charge in [-0.15, -0.1) is 0 Å². The van der Waals surface area contributed by atoms with E-state index in [1.54, 1.807) is 24.3 Å². The summed E-state index contributed by atoms with van der Waals surface area (Å²) in [6.07, 6.45) is 0. The standard InChI is InChI=1S/C27H27N3O4S/c1-19(31)30-35(33,34)25-13-9-8-12-23(25)29-26(32)22-15-14-20(16-17-27(2,3)4)18-24(22)28-21-10-6-5-7-11-21/h5-15,18,28H,1-4H3,(H,29,32)(H,30,31). The summed E-state index contributed by atoms with van der Waals surface area (Å²) in [7, 11) is -4.15. The SMILES string of the molecule is CC(=O)NS(=O)(=O)c1ccccc1NC(=O)c1ccc(C#CC(C)(C)C)cc1Nc1ccccc1. The van der Waals surface area contributed by atoms with Crippen molar-refractivity contribution in [2.45, 2.75) is 32.6 Å². The number of carbonyl (C=O) groups is 2. The molecule has 2 amide bonds. The van der Waals surface area contributed by atoms with Gasteiger partial charge in [0.05, 0.1) is 16.9 Å². The minimum absolute atomic E-state index is 0.0495. The van der Waals surface area contributed by atoms with Crippen LogP contribution in [0.5, 0.6) is 0 Å². The fraction of sp³-hybridized carbons (Fsp3) is 0.185. The molecule has 0 bridgehead atoms. The fourth-order valence-electron chi connectivity index (χ4n) is 3.10. The van der Waals surface area contributed by atoms with Gasteiger partial charge in [-0.2, -0.15) is 0 Å². The molecular weight excluding hydrogens is 462 g/mol. The van der Waals surface area contributed by atoms with Crippen LogP contribution in [0.4, 0.5) is 17.1 Å². The largest absolute Gasteiger partial charge is 0.355 e. The van der Waals surface area contributed by atoms with E-state index in [1.165, 1.54) is 18.2 Å². The molecule has 0 aliphatic rings. The average Bonchev–Trinajstić information content (AvgIpc) is 2.77. The maximum absolute atomic E-state index is 13.3. The van der Waals surface area contributed by atoms with Gasteiger partial charge in [0.1, 0.15) is 4.90 Å². The van der Waals surface area contributed by atoms with Crippen molar-refractivity contribution in [2.75, 3.05) is 10.6 Å². The van der Waals surface area contributed by atoms with E-state index in [2.05, 4.69) is 22.5 Å². The van der Waals surface area contributed by atoms with Crippen LogP contribution in [0.25, 0.3) is 0 Å². The topological polar surface area (TPSA) is 104 Å². The van der Waals surface area contributed by atoms with E-state index >= 15 is 0 Å². The summed E-state index contributed by atoms with van der Waals surface area (Å²) in [6, 6.07) is 20.4. The minimum atomic E-state index is -4.15. The Labute approximate surface area is 206 Å². The van der Waals surface area contributed by atoms with Gasteiger partial charge in [0.25, 0.3) is 15.9 Å². The summed E-state index contributed by atoms with van der Waals surface area (Å²) in [6.45, 7) is 7.14. The third-order valence-electron chi connectivity index (χ3n) is 4.60. The zero-order chi connectivity index (χ0) is 25.6. The Kier molecular flexibility index (Phi) is 7.62. The number of anilines is 3. The quantitative estimate of drug-likeness (QED) is 0.427. The van der Waals surface area contributed by atoms with Crippen LogP contribution in [0, 0.1) is 17.3 Å². The van der Waals surface area contributed by atoms with Crippen LogP contribution in [0.2, 0.25) is 0 Å². The first-order valence-electron chi connectivity index (χ1n) is 10.9. The lowest BCUT2D eigenvalue weighted by Gasteiger charge is -2.15. The highest BCUT2D eigenvalue weighted by Gasteiger charge is 2.22. The highest BCUT2D eigenvalue weighted by Crippen LogP contribution is 2.26. The molecule has 0 spiro atoms. The molecule has 0 aromatic heterocycles. The number of nitrogens with one attached hydrogen (secondary N) is 3. The summed E-state index contributed by atoms with van der Waals surface area (Å²) in [5.74, 6) is 5.06. The summed E-state index contributed by atoms with van der Waals surface area (Å²) in [5, 5.41) is 5.91. The van der Waals surface area contributed by atoms with Crippen LogP contribution in [-0.2, 0) is 14.8 Å². The monoisotopic (exact) mass is 489 g/mol. The molecule has 0 unspecified atom stereocenters. The molecule has 0 saturated heterocycles. The predicted molar refractivity (Wildman–Crippen MR) is 138 cm³/mol. The van der Waals surface area contributed by atoms with Crippen LogP contribution in [-0.4, -0.2) is 20.2 Å². The van der Waals surface area contributed by atoms with E-state index < -0.39 is 21.8 Å². The Morgan fingerprint density at radius 2 is 1.51 bits per heavy atom. The Hall–Kier alpha value is -4.09. The molecule has 180 valence electrons. The molecule has 8 heteroatoms. The molecule has 0 aliphatic carbocycles. The fourth-order valence-corrected chi connectivity index (χ4v) is 4.25. The van der Waals surface area contributed by atoms with Gasteiger partial charge in [-0.1, -0.05) is 42.2 Å². The molecule has 0 saturated carbocycles. The molecule has 3 N–H and O–H groups in total. The number of carbonyl (C=O) groups excluding carboxylic acids is 2. The lowest BCUT2D eigenvalue weighted by Crippen LogP contribution is -2.29. The molecule has 3 aromatic carbocycles. The van der Waals surface area contributed by atoms with E-state index in [-0.39, 0.29) is 16.0 Å². The maximum Gasteiger partial charge on any atom is 0.266 e. The lowest BCUT2D eigenvalue weighted by atomic mass is 9.97. The Morgan fingerprint density at radius 3 is 2.17 bits per heavy atom. The van der Waals surface area contributed by atoms with Crippen LogP contribution >= 0.6 is 0 Å². The van der Waals surface area contributed by atoms with E-state index in [0.717, 1.165) is 18.2 Å². The van der Waals surface area contributed by atoms with Gasteiger partial charge in [0, 0.05) is 23.6 Å². The zero-order valence-electron chi connectivity index (χ0n) is 20.0. The minimum Gasteiger partial charge on any atom is -0.355 e. The van der Waals surface area contributed by atoms with Crippen LogP contribution in [0.3, 0.4) is 0 Å². The van der Waals surface area contributed by atoms with Crippen LogP contribution in [0.1, 0.15) is 43.6 Å². The Morgan fingerprint density at radius 1 is 0.857 bits per heavy atom. The van der Waals surface area contributed by atoms with Crippen molar-refractivity contribution in [2.24, 2.45) is 5.41 Å². The zero-order valence-corrected chi connectivity index (χ0v) is 20.8. The van der Waals surface area contributed by atoms with Crippen molar-refractivity contribution < 1.29 is 18.0 Å². The average molecular weight is 490 g/mol. The van der Waals surface area contributed by atoms with E-state index in [1.807, 2.05) is 55.8 Å². The molecule has 3 aromatic rings. The molecule has 0 fully saturated rings. The molecule has 7 nitrogen and oxygen atoms in total. The first-order chi connectivity index (χ1) is 16.4. The second-order valence-electron chi connectivity index (χ2n) is 8.86. The van der Waals surface area contributed by atoms with Crippen molar-refractivity contribution in [3.05, 3.63) is 83.9 Å². The number of sulfonamides is 1. The van der Waals surface area contributed by atoms with Crippen molar-refractivity contribution >= 4 is 38.9 Å². The van der Waals surface area contributed by atoms with Gasteiger partial charge in [0.2, 0.25) is 5.91 Å². The summed E-state index contributed by atoms with van der Waals surface area (Å²) < 4.78 is 27.1. The molecule has 0 aliphatic heterocycles. The smallest absolute Gasteiger partial charge is 0.266 e. The number of para-hydroxylation sites is 2. The molecule has 0 radical (unpaired) electrons. The number of hydrogen-bond donors (Lipinski definition) is 3. The molecule has 0 heterocycles. The number of benzene rings is 3. The third kappa shape index (κ3) is 7.19. The molecule has 35 heavy (non-hydrogen) atoms. The summed E-state index contributed by atoms with van der Waals surface area (Å²) in [4.78, 5) is 24.4. The van der Waals surface area contributed by atoms with Gasteiger partial charge < -0.3 is 10.6 Å². The second-order valence-corrected chi connectivity index (χ2v) is 10.5. The van der Waals surface area contributed by atoms with Gasteiger partial charge >= 0.3 is 0 Å². The van der Waals surface area contributed by atoms with Gasteiger partial charge in [-0.05, 0) is 63.2 Å². The maximum atomic E-state index is 13.3. The van der Waals surface area contributed by atoms with Gasteiger partial charge in [0.15, 0.2) is 0 Å². The van der Waals surface area contributed by atoms with Gasteiger partial charge in [-0.25, -0.2) is 13.1 Å². The number of rotatable bonds is 6. The van der Waals surface area contributed by atoms with E-state index in [0.29, 0.717) is 11.3 Å². The van der Waals surface area contributed by atoms with Crippen molar-refractivity contribution in [3.8, 4) is 11.8 Å². The second kappa shape index (κ2) is 10.5. The van der Waals surface area contributed by atoms with Crippen LogP contribution < -0.4 is 15.4 Å². The van der Waals surface area contributed by atoms with E-state index in [4.69, 9.17) is 0 Å². The Bertz CT molecular complexity index is 1410. The van der Waals surface area contributed by atoms with Crippen molar-refractivity contribution in [1.82, 2.24) is 4.72 Å². The normalized spacial score (nSPS) is 11.1. The number of amides is 2. The lowest BCUT2D eigenvalue weighted by molar-refractivity contribution is -0.117. The van der Waals surface area contributed by atoms with Crippen molar-refractivity contribution in [3.63, 3.8) is 0 Å². The van der Waals surface area contributed by atoms with Crippen LogP contribution in [0.15, 0.2) is 77.7 Å². The summed E-state index contributed by atoms with van der Waals surface area (Å²) >= 11 is 0. The molecule has 0 atom stereocenters. The Balaban J connectivity index is 2.00. The number of hydrogen-bond acceptors (Lipinski definition) is 5. The summed E-state index contributed by atoms with van der Waals surface area (Å²) in [5.41, 5.74) is 2.17. The highest BCUT2D eigenvalue weighted by molar-refractivity contribution is 7.90. The predicted octanol–water partition coefficient (Wildman–Crippen LogP) is 4.90. The van der Waals surface area contributed by atoms with E-state index in [9.17, 15) is 18.0 Å². The molecule has 3 rings (SSSR count).